The van der Waals surface area contributed by atoms with Gasteiger partial charge >= 0.3 is 5.97 Å². The van der Waals surface area contributed by atoms with Gasteiger partial charge in [-0.25, -0.2) is 9.48 Å². The highest BCUT2D eigenvalue weighted by atomic mass is 16.4. The second kappa shape index (κ2) is 5.10. The molecule has 0 aliphatic carbocycles. The van der Waals surface area contributed by atoms with Crippen molar-refractivity contribution in [2.24, 2.45) is 0 Å². The highest BCUT2D eigenvalue weighted by Gasteiger charge is 2.24. The van der Waals surface area contributed by atoms with Crippen molar-refractivity contribution in [2.45, 2.75) is 0 Å². The molecule has 0 aliphatic heterocycles. The van der Waals surface area contributed by atoms with Gasteiger partial charge in [0.05, 0.1) is 12.0 Å². The number of carboxylic acid groups (broad SMARTS) is 1. The van der Waals surface area contributed by atoms with Gasteiger partial charge in [0.2, 0.25) is 5.69 Å². The predicted molar refractivity (Wildman–Crippen MR) is 83.5 cm³/mol. The molecule has 0 spiro atoms. The predicted octanol–water partition coefficient (Wildman–Crippen LogP) is 3.38. The summed E-state index contributed by atoms with van der Waals surface area (Å²) in [4.78, 5) is 11.5. The highest BCUT2D eigenvalue weighted by molar-refractivity contribution is 5.94. The first-order valence-electron chi connectivity index (χ1n) is 6.97. The van der Waals surface area contributed by atoms with Crippen LogP contribution >= 0.6 is 0 Å². The van der Waals surface area contributed by atoms with Crippen molar-refractivity contribution in [1.82, 2.24) is 15.0 Å². The SMILES string of the molecule is O=C(O)c1nnn(-c2cccc3ccccc23)c1-c1ccco1. The molecule has 0 fully saturated rings. The zero-order chi connectivity index (χ0) is 15.8. The van der Waals surface area contributed by atoms with Gasteiger partial charge in [0.15, 0.2) is 5.76 Å². The lowest BCUT2D eigenvalue weighted by Crippen LogP contribution is -2.03. The van der Waals surface area contributed by atoms with Crippen molar-refractivity contribution in [2.75, 3.05) is 0 Å². The summed E-state index contributed by atoms with van der Waals surface area (Å²) in [5.41, 5.74) is 0.918. The standard InChI is InChI=1S/C17H11N3O3/c21-17(22)15-16(14-9-4-10-23-14)20(19-18-15)13-8-3-6-11-5-1-2-7-12(11)13/h1-10H,(H,21,22). The largest absolute Gasteiger partial charge is 0.476 e. The van der Waals surface area contributed by atoms with Gasteiger partial charge in [0.25, 0.3) is 0 Å². The Morgan fingerprint density at radius 3 is 2.65 bits per heavy atom. The molecule has 2 heterocycles. The third kappa shape index (κ3) is 2.08. The molecule has 0 saturated heterocycles. The van der Waals surface area contributed by atoms with Crippen LogP contribution in [0.4, 0.5) is 0 Å². The molecule has 0 unspecified atom stereocenters. The number of hydrogen-bond acceptors (Lipinski definition) is 4. The van der Waals surface area contributed by atoms with E-state index < -0.39 is 5.97 Å². The number of aromatic carboxylic acids is 1. The number of nitrogens with zero attached hydrogens (tertiary/aromatic N) is 3. The van der Waals surface area contributed by atoms with E-state index in [-0.39, 0.29) is 5.69 Å². The quantitative estimate of drug-likeness (QED) is 0.627. The Balaban J connectivity index is 2.05. The molecule has 112 valence electrons. The summed E-state index contributed by atoms with van der Waals surface area (Å²) in [5, 5.41) is 19.2. The fraction of sp³-hybridized carbons (Fsp3) is 0. The van der Waals surface area contributed by atoms with Crippen molar-refractivity contribution >= 4 is 16.7 Å². The lowest BCUT2D eigenvalue weighted by molar-refractivity contribution is 0.0691. The summed E-state index contributed by atoms with van der Waals surface area (Å²) in [5.74, 6) is -0.747. The Kier molecular flexibility index (Phi) is 2.94. The van der Waals surface area contributed by atoms with Gasteiger partial charge in [-0.1, -0.05) is 41.6 Å². The number of aromatic nitrogens is 3. The number of fused-ring (bicyclic) bond motifs is 1. The molecule has 4 aromatic rings. The van der Waals surface area contributed by atoms with Crippen molar-refractivity contribution in [3.05, 3.63) is 66.6 Å². The van der Waals surface area contributed by atoms with E-state index in [1.807, 2.05) is 42.5 Å². The molecule has 1 N–H and O–H groups in total. The van der Waals surface area contributed by atoms with Crippen LogP contribution in [-0.4, -0.2) is 26.1 Å². The maximum atomic E-state index is 11.5. The first-order valence-corrected chi connectivity index (χ1v) is 6.97. The molecule has 2 aromatic heterocycles. The first-order chi connectivity index (χ1) is 11.3. The monoisotopic (exact) mass is 305 g/mol. The van der Waals surface area contributed by atoms with Gasteiger partial charge < -0.3 is 9.52 Å². The fourth-order valence-electron chi connectivity index (χ4n) is 2.62. The lowest BCUT2D eigenvalue weighted by Gasteiger charge is -2.08. The third-order valence-corrected chi connectivity index (χ3v) is 3.62. The number of benzene rings is 2. The minimum absolute atomic E-state index is 0.145. The molecule has 0 saturated carbocycles. The van der Waals surface area contributed by atoms with E-state index >= 15 is 0 Å². The van der Waals surface area contributed by atoms with Gasteiger partial charge in [-0.3, -0.25) is 0 Å². The Labute approximate surface area is 130 Å². The van der Waals surface area contributed by atoms with Gasteiger partial charge in [-0.2, -0.15) is 0 Å². The molecular formula is C17H11N3O3. The minimum atomic E-state index is -1.15. The molecule has 0 aliphatic rings. The normalized spacial score (nSPS) is 11.0. The molecule has 4 rings (SSSR count). The number of rotatable bonds is 3. The van der Waals surface area contributed by atoms with Crippen molar-refractivity contribution in [3.8, 4) is 17.1 Å². The smallest absolute Gasteiger partial charge is 0.358 e. The topological polar surface area (TPSA) is 81.1 Å². The van der Waals surface area contributed by atoms with Crippen LogP contribution in [0.3, 0.4) is 0 Å². The van der Waals surface area contributed by atoms with E-state index in [9.17, 15) is 9.90 Å². The number of carboxylic acids is 1. The Morgan fingerprint density at radius 2 is 1.87 bits per heavy atom. The summed E-state index contributed by atoms with van der Waals surface area (Å²) < 4.78 is 6.88. The van der Waals surface area contributed by atoms with Gasteiger partial charge in [0.1, 0.15) is 5.69 Å². The second-order valence-corrected chi connectivity index (χ2v) is 4.98. The average Bonchev–Trinajstić information content (AvgIpc) is 3.23. The van der Waals surface area contributed by atoms with Crippen LogP contribution in [0.15, 0.2) is 65.3 Å². The molecule has 0 amide bonds. The average molecular weight is 305 g/mol. The maximum absolute atomic E-state index is 11.5. The number of hydrogen-bond donors (Lipinski definition) is 1. The first kappa shape index (κ1) is 13.3. The van der Waals surface area contributed by atoms with Crippen LogP contribution < -0.4 is 0 Å². The highest BCUT2D eigenvalue weighted by Crippen LogP contribution is 2.29. The summed E-state index contributed by atoms with van der Waals surface area (Å²) in [7, 11) is 0. The Hall–Kier alpha value is -3.41. The van der Waals surface area contributed by atoms with Crippen LogP contribution in [0.5, 0.6) is 0 Å². The van der Waals surface area contributed by atoms with E-state index in [0.717, 1.165) is 16.5 Å². The third-order valence-electron chi connectivity index (χ3n) is 3.62. The van der Waals surface area contributed by atoms with Crippen LogP contribution in [-0.2, 0) is 0 Å². The lowest BCUT2D eigenvalue weighted by atomic mass is 10.1. The van der Waals surface area contributed by atoms with Gasteiger partial charge in [-0.05, 0) is 23.6 Å². The van der Waals surface area contributed by atoms with E-state index in [4.69, 9.17) is 4.42 Å². The molecular weight excluding hydrogens is 294 g/mol. The molecule has 6 heteroatoms. The fourth-order valence-corrected chi connectivity index (χ4v) is 2.62. The minimum Gasteiger partial charge on any atom is -0.476 e. The summed E-state index contributed by atoms with van der Waals surface area (Å²) in [6.45, 7) is 0. The molecule has 2 aromatic carbocycles. The molecule has 23 heavy (non-hydrogen) atoms. The number of carbonyl (C=O) groups is 1. The van der Waals surface area contributed by atoms with E-state index in [0.29, 0.717) is 11.5 Å². The van der Waals surface area contributed by atoms with E-state index in [1.165, 1.54) is 10.9 Å². The zero-order valence-electron chi connectivity index (χ0n) is 11.9. The maximum Gasteiger partial charge on any atom is 0.358 e. The molecule has 6 nitrogen and oxygen atoms in total. The second-order valence-electron chi connectivity index (χ2n) is 4.98. The summed E-state index contributed by atoms with van der Waals surface area (Å²) >= 11 is 0. The molecule has 0 bridgehead atoms. The van der Waals surface area contributed by atoms with Crippen molar-refractivity contribution in [3.63, 3.8) is 0 Å². The van der Waals surface area contributed by atoms with Crippen molar-refractivity contribution in [1.29, 1.82) is 0 Å². The Morgan fingerprint density at radius 1 is 1.04 bits per heavy atom. The van der Waals surface area contributed by atoms with Crippen molar-refractivity contribution < 1.29 is 14.3 Å². The van der Waals surface area contributed by atoms with Crippen LogP contribution in [0.25, 0.3) is 27.9 Å². The van der Waals surface area contributed by atoms with Gasteiger partial charge in [0, 0.05) is 5.39 Å². The number of furan rings is 1. The summed E-state index contributed by atoms with van der Waals surface area (Å²) in [6.07, 6.45) is 1.49. The van der Waals surface area contributed by atoms with Gasteiger partial charge in [-0.15, -0.1) is 5.10 Å². The molecule has 0 atom stereocenters. The molecule has 0 radical (unpaired) electrons. The summed E-state index contributed by atoms with van der Waals surface area (Å²) in [6, 6.07) is 16.9. The zero-order valence-corrected chi connectivity index (χ0v) is 11.9. The van der Waals surface area contributed by atoms with E-state index in [2.05, 4.69) is 10.3 Å². The van der Waals surface area contributed by atoms with Crippen LogP contribution in [0.2, 0.25) is 0 Å². The Bertz CT molecular complexity index is 998. The van der Waals surface area contributed by atoms with Crippen LogP contribution in [0.1, 0.15) is 10.5 Å². The van der Waals surface area contributed by atoms with Crippen LogP contribution in [0, 0.1) is 0 Å². The van der Waals surface area contributed by atoms with E-state index in [1.54, 1.807) is 12.1 Å².